The molecular weight excluding hydrogens is 372 g/mol. The Balaban J connectivity index is 2.02. The van der Waals surface area contributed by atoms with E-state index in [0.717, 1.165) is 23.9 Å². The lowest BCUT2D eigenvalue weighted by Crippen LogP contribution is -2.29. The standard InChI is InChI=1S/C17H12F4N2O2S/c18-11-2-5-13(6-3-11)26-9-15(24)16(25)23-12-4-1-10(8-22)14(7-12)17(19,20)21/h1-7,15,24H,9H2,(H,23,25). The Bertz CT molecular complexity index is 832. The summed E-state index contributed by atoms with van der Waals surface area (Å²) in [7, 11) is 0. The molecule has 9 heteroatoms. The van der Waals surface area contributed by atoms with Gasteiger partial charge in [0.1, 0.15) is 11.9 Å². The van der Waals surface area contributed by atoms with Gasteiger partial charge in [-0.1, -0.05) is 0 Å². The summed E-state index contributed by atoms with van der Waals surface area (Å²) in [5.74, 6) is -1.38. The van der Waals surface area contributed by atoms with Crippen molar-refractivity contribution in [2.24, 2.45) is 0 Å². The minimum absolute atomic E-state index is 0.0696. The molecule has 1 amide bonds. The molecule has 1 unspecified atom stereocenters. The number of hydrogen-bond donors (Lipinski definition) is 2. The number of hydrogen-bond acceptors (Lipinski definition) is 4. The maximum Gasteiger partial charge on any atom is 0.417 e. The number of carbonyl (C=O) groups excluding carboxylic acids is 1. The Morgan fingerprint density at radius 1 is 1.23 bits per heavy atom. The van der Waals surface area contributed by atoms with Crippen LogP contribution in [0.5, 0.6) is 0 Å². The highest BCUT2D eigenvalue weighted by Gasteiger charge is 2.34. The number of aliphatic hydroxyl groups is 1. The van der Waals surface area contributed by atoms with Crippen molar-refractivity contribution in [1.82, 2.24) is 0 Å². The zero-order valence-corrected chi connectivity index (χ0v) is 13.9. The number of carbonyl (C=O) groups is 1. The average Bonchev–Trinajstić information content (AvgIpc) is 2.60. The number of amides is 1. The van der Waals surface area contributed by atoms with Crippen LogP contribution in [0, 0.1) is 17.1 Å². The molecule has 0 saturated heterocycles. The quantitative estimate of drug-likeness (QED) is 0.607. The number of nitriles is 1. The topological polar surface area (TPSA) is 73.1 Å². The molecule has 2 rings (SSSR count). The van der Waals surface area contributed by atoms with Crippen LogP contribution in [0.4, 0.5) is 23.2 Å². The van der Waals surface area contributed by atoms with E-state index < -0.39 is 35.1 Å². The predicted molar refractivity (Wildman–Crippen MR) is 87.9 cm³/mol. The molecule has 2 aromatic rings. The normalized spacial score (nSPS) is 12.3. The molecule has 2 N–H and O–H groups in total. The first-order chi connectivity index (χ1) is 12.2. The zero-order valence-electron chi connectivity index (χ0n) is 13.0. The monoisotopic (exact) mass is 384 g/mol. The van der Waals surface area contributed by atoms with Gasteiger partial charge >= 0.3 is 6.18 Å². The van der Waals surface area contributed by atoms with Crippen molar-refractivity contribution in [3.05, 3.63) is 59.4 Å². The maximum absolute atomic E-state index is 12.9. The van der Waals surface area contributed by atoms with E-state index in [9.17, 15) is 27.5 Å². The van der Waals surface area contributed by atoms with E-state index in [1.54, 1.807) is 0 Å². The average molecular weight is 384 g/mol. The van der Waals surface area contributed by atoms with Crippen LogP contribution in [-0.2, 0) is 11.0 Å². The number of anilines is 1. The van der Waals surface area contributed by atoms with Gasteiger partial charge in [0.05, 0.1) is 17.2 Å². The van der Waals surface area contributed by atoms with Crippen LogP contribution in [0.1, 0.15) is 11.1 Å². The van der Waals surface area contributed by atoms with Crippen molar-refractivity contribution < 1.29 is 27.5 Å². The number of alkyl halides is 3. The number of aliphatic hydroxyl groups excluding tert-OH is 1. The van der Waals surface area contributed by atoms with E-state index in [2.05, 4.69) is 5.32 Å². The fraction of sp³-hybridized carbons (Fsp3) is 0.176. The van der Waals surface area contributed by atoms with Gasteiger partial charge in [-0.25, -0.2) is 4.39 Å². The SMILES string of the molecule is N#Cc1ccc(NC(=O)C(O)CSc2ccc(F)cc2)cc1C(F)(F)F. The number of nitrogens with zero attached hydrogens (tertiary/aromatic N) is 1. The van der Waals surface area contributed by atoms with Crippen molar-refractivity contribution in [3.8, 4) is 6.07 Å². The van der Waals surface area contributed by atoms with Gasteiger partial charge in [0.25, 0.3) is 5.91 Å². The van der Waals surface area contributed by atoms with Crippen LogP contribution >= 0.6 is 11.8 Å². The van der Waals surface area contributed by atoms with Crippen molar-refractivity contribution in [1.29, 1.82) is 5.26 Å². The summed E-state index contributed by atoms with van der Waals surface area (Å²) in [6.45, 7) is 0. The molecule has 0 aliphatic rings. The van der Waals surface area contributed by atoms with E-state index in [4.69, 9.17) is 5.26 Å². The Morgan fingerprint density at radius 3 is 2.46 bits per heavy atom. The van der Waals surface area contributed by atoms with Crippen LogP contribution < -0.4 is 5.32 Å². The van der Waals surface area contributed by atoms with E-state index in [-0.39, 0.29) is 11.4 Å². The third kappa shape index (κ3) is 5.21. The summed E-state index contributed by atoms with van der Waals surface area (Å²) in [5.41, 5.74) is -1.93. The molecule has 0 fully saturated rings. The number of halogens is 4. The highest BCUT2D eigenvalue weighted by Crippen LogP contribution is 2.33. The number of benzene rings is 2. The molecule has 0 radical (unpaired) electrons. The number of thioether (sulfide) groups is 1. The molecule has 0 aliphatic heterocycles. The molecule has 0 aliphatic carbocycles. The molecule has 0 saturated carbocycles. The lowest BCUT2D eigenvalue weighted by atomic mass is 10.1. The first-order valence-corrected chi connectivity index (χ1v) is 8.18. The summed E-state index contributed by atoms with van der Waals surface area (Å²) in [6.07, 6.45) is -6.24. The largest absolute Gasteiger partial charge is 0.417 e. The molecule has 4 nitrogen and oxygen atoms in total. The van der Waals surface area contributed by atoms with Gasteiger partial charge < -0.3 is 10.4 Å². The third-order valence-corrected chi connectivity index (χ3v) is 4.33. The van der Waals surface area contributed by atoms with Crippen LogP contribution in [0.25, 0.3) is 0 Å². The summed E-state index contributed by atoms with van der Waals surface area (Å²) in [6, 6.07) is 9.56. The minimum atomic E-state index is -4.75. The Morgan fingerprint density at radius 2 is 1.88 bits per heavy atom. The third-order valence-electron chi connectivity index (χ3n) is 3.24. The predicted octanol–water partition coefficient (Wildman–Crippen LogP) is 3.81. The second-order valence-electron chi connectivity index (χ2n) is 5.14. The van der Waals surface area contributed by atoms with Crippen molar-refractivity contribution in [3.63, 3.8) is 0 Å². The number of rotatable bonds is 5. The van der Waals surface area contributed by atoms with E-state index in [1.807, 2.05) is 0 Å². The number of nitrogens with one attached hydrogen (secondary N) is 1. The maximum atomic E-state index is 12.9. The zero-order chi connectivity index (χ0) is 19.3. The van der Waals surface area contributed by atoms with Gasteiger partial charge in [-0.2, -0.15) is 18.4 Å². The van der Waals surface area contributed by atoms with Crippen LogP contribution in [-0.4, -0.2) is 22.9 Å². The van der Waals surface area contributed by atoms with Crippen molar-refractivity contribution in [2.75, 3.05) is 11.1 Å². The molecule has 0 aromatic heterocycles. The Hall–Kier alpha value is -2.57. The summed E-state index contributed by atoms with van der Waals surface area (Å²) >= 11 is 1.09. The highest BCUT2D eigenvalue weighted by atomic mass is 32.2. The molecular formula is C17H12F4N2O2S. The molecule has 2 aromatic carbocycles. The Labute approximate surface area is 150 Å². The summed E-state index contributed by atoms with van der Waals surface area (Å²) < 4.78 is 51.5. The van der Waals surface area contributed by atoms with E-state index in [1.165, 1.54) is 30.3 Å². The summed E-state index contributed by atoms with van der Waals surface area (Å²) in [5, 5.41) is 20.8. The van der Waals surface area contributed by atoms with Gasteiger partial charge in [-0.15, -0.1) is 11.8 Å². The second kappa shape index (κ2) is 8.21. The van der Waals surface area contributed by atoms with Crippen molar-refractivity contribution in [2.45, 2.75) is 17.2 Å². The van der Waals surface area contributed by atoms with Gasteiger partial charge in [0, 0.05) is 16.3 Å². The molecule has 1 atom stereocenters. The minimum Gasteiger partial charge on any atom is -0.382 e. The van der Waals surface area contributed by atoms with Crippen LogP contribution in [0.2, 0.25) is 0 Å². The van der Waals surface area contributed by atoms with Gasteiger partial charge in [0.15, 0.2) is 0 Å². The molecule has 0 spiro atoms. The lowest BCUT2D eigenvalue weighted by molar-refractivity contribution is -0.137. The van der Waals surface area contributed by atoms with Gasteiger partial charge in [-0.05, 0) is 42.5 Å². The smallest absolute Gasteiger partial charge is 0.382 e. The van der Waals surface area contributed by atoms with Crippen molar-refractivity contribution >= 4 is 23.4 Å². The highest BCUT2D eigenvalue weighted by molar-refractivity contribution is 7.99. The van der Waals surface area contributed by atoms with Crippen LogP contribution in [0.3, 0.4) is 0 Å². The molecule has 136 valence electrons. The Kier molecular flexibility index (Phi) is 6.23. The molecule has 0 heterocycles. The van der Waals surface area contributed by atoms with E-state index >= 15 is 0 Å². The first-order valence-electron chi connectivity index (χ1n) is 7.19. The van der Waals surface area contributed by atoms with Gasteiger partial charge in [0.2, 0.25) is 0 Å². The van der Waals surface area contributed by atoms with Gasteiger partial charge in [-0.3, -0.25) is 4.79 Å². The lowest BCUT2D eigenvalue weighted by Gasteiger charge is -2.14. The van der Waals surface area contributed by atoms with E-state index in [0.29, 0.717) is 11.0 Å². The fourth-order valence-corrected chi connectivity index (χ4v) is 2.79. The molecule has 0 bridgehead atoms. The second-order valence-corrected chi connectivity index (χ2v) is 6.23. The first kappa shape index (κ1) is 19.8. The van der Waals surface area contributed by atoms with Crippen LogP contribution in [0.15, 0.2) is 47.4 Å². The fourth-order valence-electron chi connectivity index (χ4n) is 1.96. The summed E-state index contributed by atoms with van der Waals surface area (Å²) in [4.78, 5) is 12.5. The molecule has 26 heavy (non-hydrogen) atoms.